The number of ether oxygens (including phenoxy) is 1. The summed E-state index contributed by atoms with van der Waals surface area (Å²) in [4.78, 5) is 0. The second-order valence-corrected chi connectivity index (χ2v) is 2.96. The second-order valence-electron chi connectivity index (χ2n) is 2.55. The van der Waals surface area contributed by atoms with Crippen molar-refractivity contribution in [2.24, 2.45) is 5.73 Å². The summed E-state index contributed by atoms with van der Waals surface area (Å²) < 4.78 is 4.98. The smallest absolute Gasteiger partial charge is 0.254 e. The van der Waals surface area contributed by atoms with E-state index in [1.54, 1.807) is 6.08 Å². The molecule has 0 aromatic heterocycles. The number of hydrogen-bond donors (Lipinski definition) is 1. The first-order chi connectivity index (χ1) is 6.22. The van der Waals surface area contributed by atoms with Crippen LogP contribution in [0.25, 0.3) is 6.08 Å². The standard InChI is InChI=1S/C10H11NOS/c1-2-8-3-5-9(6-4-8)7-12-10(11)13/h2-6H,1,7H2,(H2,11,13). The number of nitrogens with two attached hydrogens (primary N) is 1. The fraction of sp³-hybridized carbons (Fsp3) is 0.100. The van der Waals surface area contributed by atoms with Crippen molar-refractivity contribution >= 4 is 23.5 Å². The van der Waals surface area contributed by atoms with Crippen LogP contribution in [0.15, 0.2) is 30.8 Å². The fourth-order valence-corrected chi connectivity index (χ4v) is 0.963. The van der Waals surface area contributed by atoms with Crippen molar-refractivity contribution in [3.05, 3.63) is 42.0 Å². The number of hydrogen-bond acceptors (Lipinski definition) is 2. The zero-order valence-electron chi connectivity index (χ0n) is 7.19. The Morgan fingerprint density at radius 3 is 2.54 bits per heavy atom. The molecule has 0 heterocycles. The summed E-state index contributed by atoms with van der Waals surface area (Å²) in [5, 5.41) is 0.0767. The van der Waals surface area contributed by atoms with Crippen LogP contribution in [0.5, 0.6) is 0 Å². The predicted molar refractivity (Wildman–Crippen MR) is 58.1 cm³/mol. The Hall–Kier alpha value is -1.35. The van der Waals surface area contributed by atoms with Gasteiger partial charge in [0.15, 0.2) is 0 Å². The molecule has 2 nitrogen and oxygen atoms in total. The minimum Gasteiger partial charge on any atom is -0.466 e. The van der Waals surface area contributed by atoms with Gasteiger partial charge in [0.25, 0.3) is 5.17 Å². The lowest BCUT2D eigenvalue weighted by Gasteiger charge is -2.03. The van der Waals surface area contributed by atoms with E-state index < -0.39 is 0 Å². The van der Waals surface area contributed by atoms with Crippen LogP contribution in [-0.2, 0) is 11.3 Å². The van der Waals surface area contributed by atoms with Gasteiger partial charge in [0.05, 0.1) is 0 Å². The van der Waals surface area contributed by atoms with E-state index in [1.165, 1.54) is 0 Å². The van der Waals surface area contributed by atoms with Crippen molar-refractivity contribution < 1.29 is 4.74 Å². The van der Waals surface area contributed by atoms with Crippen LogP contribution < -0.4 is 5.73 Å². The quantitative estimate of drug-likeness (QED) is 0.746. The van der Waals surface area contributed by atoms with Gasteiger partial charge in [0, 0.05) is 0 Å². The van der Waals surface area contributed by atoms with Crippen LogP contribution in [0.2, 0.25) is 0 Å². The molecule has 1 rings (SSSR count). The Morgan fingerprint density at radius 2 is 2.08 bits per heavy atom. The largest absolute Gasteiger partial charge is 0.466 e. The number of rotatable bonds is 3. The van der Waals surface area contributed by atoms with Gasteiger partial charge >= 0.3 is 0 Å². The molecule has 0 unspecified atom stereocenters. The monoisotopic (exact) mass is 193 g/mol. The van der Waals surface area contributed by atoms with Crippen molar-refractivity contribution in [2.45, 2.75) is 6.61 Å². The third kappa shape index (κ3) is 3.25. The van der Waals surface area contributed by atoms with Crippen LogP contribution in [0, 0.1) is 0 Å². The molecule has 1 aromatic carbocycles. The van der Waals surface area contributed by atoms with Gasteiger partial charge in [-0.1, -0.05) is 36.9 Å². The maximum atomic E-state index is 5.19. The van der Waals surface area contributed by atoms with E-state index in [-0.39, 0.29) is 5.17 Å². The van der Waals surface area contributed by atoms with E-state index in [1.807, 2.05) is 24.3 Å². The second kappa shape index (κ2) is 4.62. The Kier molecular flexibility index (Phi) is 3.46. The molecule has 68 valence electrons. The topological polar surface area (TPSA) is 35.2 Å². The van der Waals surface area contributed by atoms with Gasteiger partial charge < -0.3 is 10.5 Å². The Morgan fingerprint density at radius 1 is 1.46 bits per heavy atom. The lowest BCUT2D eigenvalue weighted by molar-refractivity contribution is 0.296. The first-order valence-corrected chi connectivity index (χ1v) is 4.27. The van der Waals surface area contributed by atoms with Crippen LogP contribution in [0.3, 0.4) is 0 Å². The van der Waals surface area contributed by atoms with Gasteiger partial charge in [-0.15, -0.1) is 0 Å². The first kappa shape index (κ1) is 9.74. The normalized spacial score (nSPS) is 9.23. The van der Waals surface area contributed by atoms with Gasteiger partial charge in [-0.25, -0.2) is 0 Å². The van der Waals surface area contributed by atoms with Gasteiger partial charge in [-0.2, -0.15) is 0 Å². The summed E-state index contributed by atoms with van der Waals surface area (Å²) in [7, 11) is 0. The molecule has 0 aliphatic rings. The van der Waals surface area contributed by atoms with Gasteiger partial charge in [-0.05, 0) is 23.3 Å². The molecule has 0 fully saturated rings. The molecule has 0 radical (unpaired) electrons. The van der Waals surface area contributed by atoms with E-state index in [2.05, 4.69) is 18.8 Å². The summed E-state index contributed by atoms with van der Waals surface area (Å²) in [6, 6.07) is 7.83. The molecular formula is C10H11NOS. The van der Waals surface area contributed by atoms with E-state index in [0.29, 0.717) is 6.61 Å². The minimum absolute atomic E-state index is 0.0767. The minimum atomic E-state index is 0.0767. The Labute approximate surface area is 83.0 Å². The summed E-state index contributed by atoms with van der Waals surface area (Å²) in [5.74, 6) is 0. The first-order valence-electron chi connectivity index (χ1n) is 3.86. The predicted octanol–water partition coefficient (Wildman–Crippen LogP) is 2.09. The Bertz CT molecular complexity index is 305. The third-order valence-corrected chi connectivity index (χ3v) is 1.71. The molecule has 0 atom stereocenters. The Balaban J connectivity index is 2.59. The average Bonchev–Trinajstić information content (AvgIpc) is 2.15. The summed E-state index contributed by atoms with van der Waals surface area (Å²) >= 11 is 4.58. The molecule has 3 heteroatoms. The molecule has 0 aliphatic heterocycles. The van der Waals surface area contributed by atoms with Crippen LogP contribution in [0.4, 0.5) is 0 Å². The molecule has 0 bridgehead atoms. The van der Waals surface area contributed by atoms with Crippen molar-refractivity contribution in [1.82, 2.24) is 0 Å². The highest BCUT2D eigenvalue weighted by molar-refractivity contribution is 7.80. The summed E-state index contributed by atoms with van der Waals surface area (Å²) in [6.07, 6.45) is 1.79. The van der Waals surface area contributed by atoms with E-state index in [4.69, 9.17) is 10.5 Å². The number of thiocarbonyl (C=S) groups is 1. The lowest BCUT2D eigenvalue weighted by Crippen LogP contribution is -2.12. The maximum absolute atomic E-state index is 5.19. The highest BCUT2D eigenvalue weighted by atomic mass is 32.1. The van der Waals surface area contributed by atoms with Gasteiger partial charge in [-0.3, -0.25) is 0 Å². The van der Waals surface area contributed by atoms with Crippen LogP contribution in [0.1, 0.15) is 11.1 Å². The SMILES string of the molecule is C=Cc1ccc(COC(N)=S)cc1. The molecule has 1 aromatic rings. The van der Waals surface area contributed by atoms with Crippen LogP contribution >= 0.6 is 12.2 Å². The molecule has 0 amide bonds. The number of benzene rings is 1. The third-order valence-electron chi connectivity index (χ3n) is 1.60. The van der Waals surface area contributed by atoms with E-state index in [0.717, 1.165) is 11.1 Å². The molecule has 0 saturated heterocycles. The summed E-state index contributed by atoms with van der Waals surface area (Å²) in [5.41, 5.74) is 7.31. The van der Waals surface area contributed by atoms with E-state index in [9.17, 15) is 0 Å². The molecule has 0 saturated carbocycles. The lowest BCUT2D eigenvalue weighted by atomic mass is 10.1. The highest BCUT2D eigenvalue weighted by Crippen LogP contribution is 2.06. The van der Waals surface area contributed by atoms with Crippen molar-refractivity contribution in [2.75, 3.05) is 0 Å². The fourth-order valence-electron chi connectivity index (χ4n) is 0.904. The van der Waals surface area contributed by atoms with Crippen molar-refractivity contribution in [3.63, 3.8) is 0 Å². The molecule has 13 heavy (non-hydrogen) atoms. The molecule has 0 aliphatic carbocycles. The molecule has 0 spiro atoms. The molecule has 2 N–H and O–H groups in total. The summed E-state index contributed by atoms with van der Waals surface area (Å²) in [6.45, 7) is 4.09. The van der Waals surface area contributed by atoms with Gasteiger partial charge in [0.1, 0.15) is 6.61 Å². The average molecular weight is 193 g/mol. The zero-order valence-corrected chi connectivity index (χ0v) is 8.01. The highest BCUT2D eigenvalue weighted by Gasteiger charge is 1.93. The van der Waals surface area contributed by atoms with Crippen LogP contribution in [-0.4, -0.2) is 5.17 Å². The maximum Gasteiger partial charge on any atom is 0.254 e. The molecular weight excluding hydrogens is 182 g/mol. The van der Waals surface area contributed by atoms with E-state index >= 15 is 0 Å². The zero-order chi connectivity index (χ0) is 9.68. The van der Waals surface area contributed by atoms with Crippen molar-refractivity contribution in [3.8, 4) is 0 Å². The van der Waals surface area contributed by atoms with Crippen molar-refractivity contribution in [1.29, 1.82) is 0 Å². The van der Waals surface area contributed by atoms with Gasteiger partial charge in [0.2, 0.25) is 0 Å².